The van der Waals surface area contributed by atoms with Crippen molar-refractivity contribution in [1.29, 1.82) is 0 Å². The SMILES string of the molecule is Cc1coc(Sc2nc(C(C)C)nc(N)c2C)n1. The van der Waals surface area contributed by atoms with Gasteiger partial charge in [0.2, 0.25) is 0 Å². The van der Waals surface area contributed by atoms with Gasteiger partial charge in [-0.1, -0.05) is 13.8 Å². The monoisotopic (exact) mass is 264 g/mol. The molecule has 0 spiro atoms. The molecule has 96 valence electrons. The minimum Gasteiger partial charge on any atom is -0.439 e. The number of rotatable bonds is 3. The van der Waals surface area contributed by atoms with Crippen molar-refractivity contribution in [1.82, 2.24) is 15.0 Å². The Morgan fingerprint density at radius 3 is 2.50 bits per heavy atom. The summed E-state index contributed by atoms with van der Waals surface area (Å²) in [5.74, 6) is 1.49. The summed E-state index contributed by atoms with van der Waals surface area (Å²) in [4.78, 5) is 13.0. The summed E-state index contributed by atoms with van der Waals surface area (Å²) in [6.45, 7) is 7.85. The maximum atomic E-state index is 5.90. The van der Waals surface area contributed by atoms with Crippen LogP contribution in [0.4, 0.5) is 5.82 Å². The number of oxazole rings is 1. The van der Waals surface area contributed by atoms with Gasteiger partial charge in [0.15, 0.2) is 0 Å². The minimum absolute atomic E-state index is 0.235. The zero-order valence-electron chi connectivity index (χ0n) is 10.9. The van der Waals surface area contributed by atoms with Crippen LogP contribution in [0.5, 0.6) is 0 Å². The van der Waals surface area contributed by atoms with Crippen molar-refractivity contribution >= 4 is 17.6 Å². The van der Waals surface area contributed by atoms with Crippen LogP contribution in [0.1, 0.15) is 36.8 Å². The molecular formula is C12H16N4OS. The van der Waals surface area contributed by atoms with Crippen LogP contribution in [-0.2, 0) is 0 Å². The van der Waals surface area contributed by atoms with Gasteiger partial charge in [0.25, 0.3) is 5.22 Å². The lowest BCUT2D eigenvalue weighted by atomic mass is 10.2. The molecule has 0 radical (unpaired) electrons. The molecule has 0 aliphatic rings. The minimum atomic E-state index is 0.235. The van der Waals surface area contributed by atoms with E-state index < -0.39 is 0 Å². The average Bonchev–Trinajstić information content (AvgIpc) is 2.70. The van der Waals surface area contributed by atoms with Gasteiger partial charge >= 0.3 is 0 Å². The number of hydrogen-bond acceptors (Lipinski definition) is 6. The van der Waals surface area contributed by atoms with Crippen molar-refractivity contribution in [3.05, 3.63) is 23.3 Å². The van der Waals surface area contributed by atoms with Gasteiger partial charge in [-0.15, -0.1) is 0 Å². The first-order chi connectivity index (χ1) is 8.47. The molecule has 2 heterocycles. The van der Waals surface area contributed by atoms with E-state index in [9.17, 15) is 0 Å². The third-order valence-electron chi connectivity index (χ3n) is 2.45. The molecular weight excluding hydrogens is 248 g/mol. The third-order valence-corrected chi connectivity index (χ3v) is 3.41. The number of anilines is 1. The van der Waals surface area contributed by atoms with Crippen molar-refractivity contribution in [2.45, 2.75) is 43.9 Å². The van der Waals surface area contributed by atoms with E-state index in [2.05, 4.69) is 15.0 Å². The Balaban J connectivity index is 2.37. The Labute approximate surface area is 110 Å². The maximum absolute atomic E-state index is 5.90. The molecule has 2 N–H and O–H groups in total. The molecule has 2 aromatic heterocycles. The molecule has 0 bridgehead atoms. The first-order valence-corrected chi connectivity index (χ1v) is 6.53. The van der Waals surface area contributed by atoms with Crippen LogP contribution in [0, 0.1) is 13.8 Å². The quantitative estimate of drug-likeness (QED) is 0.859. The molecule has 5 nitrogen and oxygen atoms in total. The van der Waals surface area contributed by atoms with E-state index in [-0.39, 0.29) is 5.92 Å². The largest absolute Gasteiger partial charge is 0.439 e. The molecule has 0 saturated carbocycles. The van der Waals surface area contributed by atoms with Gasteiger partial charge in [0.05, 0.1) is 5.69 Å². The number of nitrogen functional groups attached to an aromatic ring is 1. The number of nitrogens with zero attached hydrogens (tertiary/aromatic N) is 3. The van der Waals surface area contributed by atoms with Crippen molar-refractivity contribution in [3.8, 4) is 0 Å². The van der Waals surface area contributed by atoms with E-state index in [1.54, 1.807) is 6.26 Å². The maximum Gasteiger partial charge on any atom is 0.262 e. The zero-order valence-corrected chi connectivity index (χ0v) is 11.7. The Kier molecular flexibility index (Phi) is 3.56. The molecule has 0 fully saturated rings. The molecule has 2 aromatic rings. The predicted molar refractivity (Wildman–Crippen MR) is 70.6 cm³/mol. The molecule has 0 amide bonds. The topological polar surface area (TPSA) is 77.8 Å². The van der Waals surface area contributed by atoms with Gasteiger partial charge in [-0.2, -0.15) is 0 Å². The summed E-state index contributed by atoms with van der Waals surface area (Å²) < 4.78 is 5.31. The van der Waals surface area contributed by atoms with Crippen molar-refractivity contribution in [2.75, 3.05) is 5.73 Å². The summed E-state index contributed by atoms with van der Waals surface area (Å²) in [7, 11) is 0. The first-order valence-electron chi connectivity index (χ1n) is 5.71. The predicted octanol–water partition coefficient (Wildman–Crippen LogP) is 2.94. The second-order valence-corrected chi connectivity index (χ2v) is 5.35. The lowest BCUT2D eigenvalue weighted by Crippen LogP contribution is -2.05. The summed E-state index contributed by atoms with van der Waals surface area (Å²) in [6.07, 6.45) is 1.62. The van der Waals surface area contributed by atoms with Crippen LogP contribution in [-0.4, -0.2) is 15.0 Å². The highest BCUT2D eigenvalue weighted by molar-refractivity contribution is 7.99. The molecule has 0 aliphatic carbocycles. The van der Waals surface area contributed by atoms with E-state index >= 15 is 0 Å². The van der Waals surface area contributed by atoms with E-state index in [4.69, 9.17) is 10.2 Å². The van der Waals surface area contributed by atoms with Crippen LogP contribution in [0.25, 0.3) is 0 Å². The van der Waals surface area contributed by atoms with Crippen molar-refractivity contribution < 1.29 is 4.42 Å². The fourth-order valence-corrected chi connectivity index (χ4v) is 2.20. The summed E-state index contributed by atoms with van der Waals surface area (Å²) in [5.41, 5.74) is 7.61. The molecule has 6 heteroatoms. The van der Waals surface area contributed by atoms with Crippen LogP contribution < -0.4 is 5.73 Å². The molecule has 2 rings (SSSR count). The molecule has 0 aromatic carbocycles. The normalized spacial score (nSPS) is 11.2. The Hall–Kier alpha value is -1.56. The molecule has 18 heavy (non-hydrogen) atoms. The summed E-state index contributed by atoms with van der Waals surface area (Å²) >= 11 is 1.37. The van der Waals surface area contributed by atoms with Gasteiger partial charge in [-0.25, -0.2) is 15.0 Å². The van der Waals surface area contributed by atoms with Crippen LogP contribution in [0.3, 0.4) is 0 Å². The average molecular weight is 264 g/mol. The van der Waals surface area contributed by atoms with E-state index in [1.165, 1.54) is 11.8 Å². The highest BCUT2D eigenvalue weighted by Crippen LogP contribution is 2.30. The zero-order chi connectivity index (χ0) is 13.3. The van der Waals surface area contributed by atoms with Crippen LogP contribution >= 0.6 is 11.8 Å². The fourth-order valence-electron chi connectivity index (χ4n) is 1.35. The number of aryl methyl sites for hydroxylation is 1. The van der Waals surface area contributed by atoms with Crippen molar-refractivity contribution in [2.24, 2.45) is 0 Å². The third kappa shape index (κ3) is 2.64. The van der Waals surface area contributed by atoms with Gasteiger partial charge in [0.1, 0.15) is 22.9 Å². The molecule has 0 aliphatic heterocycles. The standard InChI is InChI=1S/C12H16N4OS/c1-6(2)10-15-9(13)8(4)11(16-10)18-12-14-7(3)5-17-12/h5-6H,1-4H3,(H2,13,15,16). The smallest absolute Gasteiger partial charge is 0.262 e. The first kappa shape index (κ1) is 12.9. The van der Waals surface area contributed by atoms with E-state index in [1.807, 2.05) is 27.7 Å². The van der Waals surface area contributed by atoms with Crippen LogP contribution in [0.15, 0.2) is 20.9 Å². The van der Waals surface area contributed by atoms with E-state index in [0.29, 0.717) is 11.0 Å². The van der Waals surface area contributed by atoms with Gasteiger partial charge in [-0.3, -0.25) is 0 Å². The number of aromatic nitrogens is 3. The van der Waals surface area contributed by atoms with Gasteiger partial charge < -0.3 is 10.2 Å². The molecule has 0 atom stereocenters. The Morgan fingerprint density at radius 2 is 1.94 bits per heavy atom. The van der Waals surface area contributed by atoms with Gasteiger partial charge in [-0.05, 0) is 25.6 Å². The highest BCUT2D eigenvalue weighted by atomic mass is 32.2. The van der Waals surface area contributed by atoms with E-state index in [0.717, 1.165) is 22.1 Å². The lowest BCUT2D eigenvalue weighted by molar-refractivity contribution is 0.453. The lowest BCUT2D eigenvalue weighted by Gasteiger charge is -2.10. The fraction of sp³-hybridized carbons (Fsp3) is 0.417. The Bertz CT molecular complexity index is 565. The number of hydrogen-bond donors (Lipinski definition) is 1. The summed E-state index contributed by atoms with van der Waals surface area (Å²) in [6, 6.07) is 0. The second-order valence-electron chi connectivity index (χ2n) is 4.41. The van der Waals surface area contributed by atoms with Crippen molar-refractivity contribution in [3.63, 3.8) is 0 Å². The Morgan fingerprint density at radius 1 is 1.22 bits per heavy atom. The molecule has 0 saturated heterocycles. The van der Waals surface area contributed by atoms with Crippen LogP contribution in [0.2, 0.25) is 0 Å². The highest BCUT2D eigenvalue weighted by Gasteiger charge is 2.14. The molecule has 0 unspecified atom stereocenters. The second kappa shape index (κ2) is 4.97. The summed E-state index contributed by atoms with van der Waals surface area (Å²) in [5, 5.41) is 1.37. The number of nitrogens with two attached hydrogens (primary N) is 1. The van der Waals surface area contributed by atoms with Gasteiger partial charge in [0, 0.05) is 11.5 Å².